The summed E-state index contributed by atoms with van der Waals surface area (Å²) in [4.78, 5) is 29.0. The zero-order valence-corrected chi connectivity index (χ0v) is 15.0. The second-order valence-electron chi connectivity index (χ2n) is 6.14. The fourth-order valence-electron chi connectivity index (χ4n) is 2.87. The summed E-state index contributed by atoms with van der Waals surface area (Å²) in [5.41, 5.74) is 0.481. The number of aromatic nitrogens is 3. The molecule has 1 atom stereocenters. The summed E-state index contributed by atoms with van der Waals surface area (Å²) in [7, 11) is 0. The molecule has 1 aliphatic rings. The molecule has 2 amide bonds. The third-order valence-electron chi connectivity index (χ3n) is 4.21. The number of carbonyl (C=O) groups excluding carboxylic acids is 2. The molecule has 3 heterocycles. The van der Waals surface area contributed by atoms with Crippen molar-refractivity contribution in [3.8, 4) is 16.4 Å². The van der Waals surface area contributed by atoms with Crippen molar-refractivity contribution < 1.29 is 14.0 Å². The Labute approximate surface area is 158 Å². The maximum absolute atomic E-state index is 13.7. The number of thiophene rings is 1. The van der Waals surface area contributed by atoms with Crippen LogP contribution in [0.1, 0.15) is 23.5 Å². The van der Waals surface area contributed by atoms with Gasteiger partial charge < -0.3 is 10.6 Å². The molecule has 27 heavy (non-hydrogen) atoms. The van der Waals surface area contributed by atoms with Gasteiger partial charge in [-0.15, -0.1) is 16.4 Å². The van der Waals surface area contributed by atoms with Crippen molar-refractivity contribution in [2.75, 3.05) is 6.54 Å². The lowest BCUT2D eigenvalue weighted by atomic mass is 10.1. The van der Waals surface area contributed by atoms with Gasteiger partial charge in [0.15, 0.2) is 5.82 Å². The van der Waals surface area contributed by atoms with Crippen molar-refractivity contribution in [3.63, 3.8) is 0 Å². The summed E-state index contributed by atoms with van der Waals surface area (Å²) < 4.78 is 15.1. The summed E-state index contributed by atoms with van der Waals surface area (Å²) >= 11 is 1.45. The molecule has 0 saturated carbocycles. The van der Waals surface area contributed by atoms with Gasteiger partial charge in [0.2, 0.25) is 11.7 Å². The molecule has 7 nitrogen and oxygen atoms in total. The van der Waals surface area contributed by atoms with Crippen LogP contribution >= 0.6 is 11.3 Å². The Morgan fingerprint density at radius 1 is 1.33 bits per heavy atom. The monoisotopic (exact) mass is 385 g/mol. The highest BCUT2D eigenvalue weighted by atomic mass is 32.1. The minimum absolute atomic E-state index is 0.000406. The Morgan fingerprint density at radius 2 is 2.22 bits per heavy atom. The highest BCUT2D eigenvalue weighted by Gasteiger charge is 2.24. The first-order chi connectivity index (χ1) is 13.1. The van der Waals surface area contributed by atoms with E-state index >= 15 is 0 Å². The first kappa shape index (κ1) is 17.3. The molecule has 9 heteroatoms. The van der Waals surface area contributed by atoms with Crippen LogP contribution in [0.25, 0.3) is 16.4 Å². The molecule has 1 aromatic carbocycles. The number of amides is 2. The minimum atomic E-state index is -0.427. The fourth-order valence-corrected chi connectivity index (χ4v) is 3.57. The van der Waals surface area contributed by atoms with Crippen LogP contribution in [0.5, 0.6) is 0 Å². The number of nitrogens with one attached hydrogen (secondary N) is 2. The molecule has 1 unspecified atom stereocenters. The Hall–Kier alpha value is -3.07. The van der Waals surface area contributed by atoms with E-state index in [-0.39, 0.29) is 17.8 Å². The first-order valence-electron chi connectivity index (χ1n) is 8.44. The van der Waals surface area contributed by atoms with Crippen molar-refractivity contribution in [1.82, 2.24) is 25.4 Å². The van der Waals surface area contributed by atoms with Gasteiger partial charge in [-0.1, -0.05) is 12.1 Å². The van der Waals surface area contributed by atoms with Gasteiger partial charge >= 0.3 is 0 Å². The largest absolute Gasteiger partial charge is 0.354 e. The van der Waals surface area contributed by atoms with Crippen LogP contribution in [-0.4, -0.2) is 39.2 Å². The number of hydrogen-bond acceptors (Lipinski definition) is 5. The molecule has 1 fully saturated rings. The Bertz CT molecular complexity index is 976. The van der Waals surface area contributed by atoms with Gasteiger partial charge in [0, 0.05) is 19.0 Å². The van der Waals surface area contributed by atoms with E-state index in [2.05, 4.69) is 20.7 Å². The van der Waals surface area contributed by atoms with Crippen LogP contribution in [0.3, 0.4) is 0 Å². The summed E-state index contributed by atoms with van der Waals surface area (Å²) in [5, 5.41) is 11.8. The van der Waals surface area contributed by atoms with E-state index in [4.69, 9.17) is 0 Å². The lowest BCUT2D eigenvalue weighted by Crippen LogP contribution is -2.47. The highest BCUT2D eigenvalue weighted by Crippen LogP contribution is 2.25. The smallest absolute Gasteiger partial charge is 0.291 e. The molecule has 1 saturated heterocycles. The zero-order valence-electron chi connectivity index (χ0n) is 14.2. The van der Waals surface area contributed by atoms with Gasteiger partial charge in [-0.2, -0.15) is 0 Å². The predicted octanol–water partition coefficient (Wildman–Crippen LogP) is 2.14. The molecule has 4 rings (SSSR count). The molecule has 1 aliphatic heterocycles. The lowest BCUT2D eigenvalue weighted by Gasteiger charge is -2.22. The van der Waals surface area contributed by atoms with E-state index in [1.807, 2.05) is 17.5 Å². The zero-order chi connectivity index (χ0) is 18.8. The van der Waals surface area contributed by atoms with Gasteiger partial charge in [-0.05, 0) is 36.1 Å². The summed E-state index contributed by atoms with van der Waals surface area (Å²) in [5.74, 6) is -0.376. The number of rotatable bonds is 4. The molecule has 138 valence electrons. The van der Waals surface area contributed by atoms with Crippen LogP contribution in [-0.2, 0) is 4.79 Å². The Balaban J connectivity index is 1.65. The fraction of sp³-hybridized carbons (Fsp3) is 0.222. The van der Waals surface area contributed by atoms with E-state index in [1.165, 1.54) is 28.2 Å². The number of carbonyl (C=O) groups is 2. The van der Waals surface area contributed by atoms with Gasteiger partial charge in [-0.25, -0.2) is 14.1 Å². The third-order valence-corrected chi connectivity index (χ3v) is 5.07. The molecule has 3 aromatic rings. The highest BCUT2D eigenvalue weighted by molar-refractivity contribution is 7.13. The number of piperidine rings is 1. The quantitative estimate of drug-likeness (QED) is 0.720. The van der Waals surface area contributed by atoms with Gasteiger partial charge in [0.1, 0.15) is 5.82 Å². The second kappa shape index (κ2) is 7.28. The average Bonchev–Trinajstić information content (AvgIpc) is 3.33. The van der Waals surface area contributed by atoms with Gasteiger partial charge in [-0.3, -0.25) is 9.59 Å². The maximum atomic E-state index is 13.7. The van der Waals surface area contributed by atoms with Crippen molar-refractivity contribution in [1.29, 1.82) is 0 Å². The molecular weight excluding hydrogens is 369 g/mol. The first-order valence-corrected chi connectivity index (χ1v) is 9.32. The molecule has 0 spiro atoms. The Kier molecular flexibility index (Phi) is 4.68. The third kappa shape index (κ3) is 3.72. The van der Waals surface area contributed by atoms with E-state index in [0.717, 1.165) is 4.88 Å². The van der Waals surface area contributed by atoms with E-state index in [0.29, 0.717) is 30.9 Å². The topological polar surface area (TPSA) is 88.9 Å². The van der Waals surface area contributed by atoms with Crippen LogP contribution in [0.2, 0.25) is 0 Å². The molecule has 0 aliphatic carbocycles. The minimum Gasteiger partial charge on any atom is -0.354 e. The number of hydrogen-bond donors (Lipinski definition) is 2. The summed E-state index contributed by atoms with van der Waals surface area (Å²) in [6, 6.07) is 9.53. The van der Waals surface area contributed by atoms with Crippen LogP contribution < -0.4 is 10.6 Å². The van der Waals surface area contributed by atoms with Crippen LogP contribution in [0.15, 0.2) is 41.8 Å². The number of nitrogens with zero attached hydrogens (tertiary/aromatic N) is 3. The lowest BCUT2D eigenvalue weighted by molar-refractivity contribution is -0.122. The molecule has 2 N–H and O–H groups in total. The molecule has 0 radical (unpaired) electrons. The average molecular weight is 385 g/mol. The summed E-state index contributed by atoms with van der Waals surface area (Å²) in [6.45, 7) is 0.382. The van der Waals surface area contributed by atoms with Crippen LogP contribution in [0.4, 0.5) is 4.39 Å². The maximum Gasteiger partial charge on any atom is 0.291 e. The predicted molar refractivity (Wildman–Crippen MR) is 98.1 cm³/mol. The van der Waals surface area contributed by atoms with Gasteiger partial charge in [0.05, 0.1) is 10.6 Å². The van der Waals surface area contributed by atoms with E-state index in [1.54, 1.807) is 12.1 Å². The van der Waals surface area contributed by atoms with E-state index in [9.17, 15) is 14.0 Å². The number of benzene rings is 1. The number of halogens is 1. The van der Waals surface area contributed by atoms with Crippen molar-refractivity contribution in [2.45, 2.75) is 18.9 Å². The molecular formula is C18H16FN5O2S. The normalized spacial score (nSPS) is 16.8. The summed E-state index contributed by atoms with van der Waals surface area (Å²) in [6.07, 6.45) is 0.941. The van der Waals surface area contributed by atoms with Crippen molar-refractivity contribution >= 4 is 23.2 Å². The molecule has 2 aromatic heterocycles. The van der Waals surface area contributed by atoms with Crippen molar-refractivity contribution in [2.24, 2.45) is 0 Å². The van der Waals surface area contributed by atoms with E-state index < -0.39 is 11.7 Å². The molecule has 0 bridgehead atoms. The SMILES string of the molecule is O=C1CCC(NC(=O)c2nc(-c3cccs3)n(-c3cccc(F)c3)n2)CN1. The second-order valence-corrected chi connectivity index (χ2v) is 7.09. The Morgan fingerprint density at radius 3 is 2.93 bits per heavy atom. The standard InChI is InChI=1S/C18H16FN5O2S/c19-11-3-1-4-13(9-11)24-17(14-5-2-8-27-14)22-16(23-24)18(26)21-12-6-7-15(25)20-10-12/h1-5,8-9,12H,6-7,10H2,(H,20,25)(H,21,26). The van der Waals surface area contributed by atoms with Crippen LogP contribution in [0, 0.1) is 5.82 Å². The van der Waals surface area contributed by atoms with Gasteiger partial charge in [0.25, 0.3) is 5.91 Å². The van der Waals surface area contributed by atoms with Crippen molar-refractivity contribution in [3.05, 3.63) is 53.4 Å².